The van der Waals surface area contributed by atoms with Crippen LogP contribution in [0.3, 0.4) is 0 Å². The second-order valence-corrected chi connectivity index (χ2v) is 7.86. The summed E-state index contributed by atoms with van der Waals surface area (Å²) in [6.07, 6.45) is 3.61. The first-order valence-corrected chi connectivity index (χ1v) is 10.2. The highest BCUT2D eigenvalue weighted by molar-refractivity contribution is 7.13. The van der Waals surface area contributed by atoms with Crippen molar-refractivity contribution in [1.29, 1.82) is 0 Å². The first-order valence-electron chi connectivity index (χ1n) is 9.35. The first kappa shape index (κ1) is 17.9. The molecule has 0 unspecified atom stereocenters. The number of thiophene rings is 1. The smallest absolute Gasteiger partial charge is 0.270 e. The molecule has 1 fully saturated rings. The molecule has 4 nitrogen and oxygen atoms in total. The molecule has 2 aromatic heterocycles. The Morgan fingerprint density at radius 3 is 2.74 bits per heavy atom. The summed E-state index contributed by atoms with van der Waals surface area (Å²) in [5.41, 5.74) is 3.13. The van der Waals surface area contributed by atoms with Crippen LogP contribution in [-0.4, -0.2) is 34.9 Å². The van der Waals surface area contributed by atoms with Gasteiger partial charge in [-0.15, -0.1) is 11.3 Å². The molecule has 4 rings (SSSR count). The summed E-state index contributed by atoms with van der Waals surface area (Å²) in [4.78, 5) is 20.2. The van der Waals surface area contributed by atoms with Crippen LogP contribution in [-0.2, 0) is 6.54 Å². The van der Waals surface area contributed by atoms with E-state index in [0.29, 0.717) is 5.69 Å². The van der Waals surface area contributed by atoms with Crippen LogP contribution in [0.25, 0.3) is 10.4 Å². The van der Waals surface area contributed by atoms with Crippen LogP contribution in [0.5, 0.6) is 0 Å². The average Bonchev–Trinajstić information content (AvgIpc) is 3.25. The van der Waals surface area contributed by atoms with Crippen LogP contribution >= 0.6 is 11.3 Å². The van der Waals surface area contributed by atoms with E-state index in [2.05, 4.69) is 57.0 Å². The van der Waals surface area contributed by atoms with Gasteiger partial charge in [-0.2, -0.15) is 0 Å². The first-order chi connectivity index (χ1) is 13.3. The lowest BCUT2D eigenvalue weighted by molar-refractivity contribution is 0.0904. The number of carbonyl (C=O) groups is 1. The minimum absolute atomic E-state index is 0.0716. The zero-order valence-electron chi connectivity index (χ0n) is 15.2. The van der Waals surface area contributed by atoms with Gasteiger partial charge in [0.05, 0.1) is 0 Å². The third kappa shape index (κ3) is 4.62. The largest absolute Gasteiger partial charge is 0.348 e. The zero-order valence-corrected chi connectivity index (χ0v) is 16.0. The van der Waals surface area contributed by atoms with Crippen LogP contribution in [0, 0.1) is 0 Å². The highest BCUT2D eigenvalue weighted by atomic mass is 32.1. The summed E-state index contributed by atoms with van der Waals surface area (Å²) in [5, 5.41) is 5.24. The summed E-state index contributed by atoms with van der Waals surface area (Å²) >= 11 is 1.78. The third-order valence-electron chi connectivity index (χ3n) is 4.96. The van der Waals surface area contributed by atoms with Gasteiger partial charge in [-0.05, 0) is 53.6 Å². The lowest BCUT2D eigenvalue weighted by atomic mass is 10.0. The maximum Gasteiger partial charge on any atom is 0.270 e. The number of amides is 1. The zero-order chi connectivity index (χ0) is 18.5. The predicted molar refractivity (Wildman–Crippen MR) is 110 cm³/mol. The number of hydrogen-bond acceptors (Lipinski definition) is 4. The fourth-order valence-corrected chi connectivity index (χ4v) is 4.24. The van der Waals surface area contributed by atoms with Crippen molar-refractivity contribution >= 4 is 17.2 Å². The summed E-state index contributed by atoms with van der Waals surface area (Å²) in [5.74, 6) is -0.0716. The van der Waals surface area contributed by atoms with Crippen molar-refractivity contribution < 1.29 is 4.79 Å². The number of benzene rings is 1. The van der Waals surface area contributed by atoms with E-state index < -0.39 is 0 Å². The van der Waals surface area contributed by atoms with E-state index >= 15 is 0 Å². The van der Waals surface area contributed by atoms with E-state index in [4.69, 9.17) is 0 Å². The lowest BCUT2D eigenvalue weighted by Gasteiger charge is -2.32. The van der Waals surface area contributed by atoms with Gasteiger partial charge in [-0.1, -0.05) is 30.3 Å². The number of rotatable bonds is 5. The monoisotopic (exact) mass is 377 g/mol. The summed E-state index contributed by atoms with van der Waals surface area (Å²) < 4.78 is 0. The van der Waals surface area contributed by atoms with Crippen LogP contribution < -0.4 is 5.32 Å². The molecular weight excluding hydrogens is 354 g/mol. The van der Waals surface area contributed by atoms with Gasteiger partial charge in [0.1, 0.15) is 5.69 Å². The van der Waals surface area contributed by atoms with Gasteiger partial charge in [-0.25, -0.2) is 0 Å². The Morgan fingerprint density at radius 1 is 1.11 bits per heavy atom. The van der Waals surface area contributed by atoms with E-state index in [1.54, 1.807) is 23.6 Å². The summed E-state index contributed by atoms with van der Waals surface area (Å²) in [6, 6.07) is 18.7. The van der Waals surface area contributed by atoms with Crippen molar-refractivity contribution in [1.82, 2.24) is 15.2 Å². The molecule has 1 aromatic carbocycles. The molecule has 5 heteroatoms. The maximum absolute atomic E-state index is 12.2. The maximum atomic E-state index is 12.2. The number of nitrogens with zero attached hydrogens (tertiary/aromatic N) is 2. The molecule has 3 aromatic rings. The third-order valence-corrected chi connectivity index (χ3v) is 5.88. The number of aromatic nitrogens is 1. The molecule has 1 N–H and O–H groups in total. The lowest BCUT2D eigenvalue weighted by Crippen LogP contribution is -2.44. The van der Waals surface area contributed by atoms with Gasteiger partial charge in [-0.3, -0.25) is 14.7 Å². The Hall–Kier alpha value is -2.50. The SMILES string of the molecule is O=C(NC1CCN(Cc2cccc(-c3cccs3)c2)CC1)c1ccccn1. The number of pyridine rings is 1. The number of nitrogens with one attached hydrogen (secondary N) is 1. The topological polar surface area (TPSA) is 45.2 Å². The Labute approximate surface area is 163 Å². The molecule has 0 saturated carbocycles. The number of carbonyl (C=O) groups excluding carboxylic acids is 1. The quantitative estimate of drug-likeness (QED) is 0.725. The predicted octanol–water partition coefficient (Wildman–Crippen LogP) is 4.20. The van der Waals surface area contributed by atoms with E-state index in [9.17, 15) is 4.79 Å². The molecule has 27 heavy (non-hydrogen) atoms. The van der Waals surface area contributed by atoms with Crippen molar-refractivity contribution in [3.63, 3.8) is 0 Å². The van der Waals surface area contributed by atoms with Gasteiger partial charge in [0.15, 0.2) is 0 Å². The highest BCUT2D eigenvalue weighted by Crippen LogP contribution is 2.26. The number of hydrogen-bond donors (Lipinski definition) is 1. The van der Waals surface area contributed by atoms with E-state index in [1.165, 1.54) is 16.0 Å². The average molecular weight is 378 g/mol. The molecule has 0 spiro atoms. The van der Waals surface area contributed by atoms with E-state index in [-0.39, 0.29) is 11.9 Å². The van der Waals surface area contributed by atoms with Crippen molar-refractivity contribution in [3.8, 4) is 10.4 Å². The molecular formula is C22H23N3OS. The second kappa shape index (κ2) is 8.46. The Bertz CT molecular complexity index is 872. The fraction of sp³-hybridized carbons (Fsp3) is 0.273. The molecule has 1 aliphatic heterocycles. The van der Waals surface area contributed by atoms with Crippen LogP contribution in [0.1, 0.15) is 28.9 Å². The molecule has 0 radical (unpaired) electrons. The van der Waals surface area contributed by atoms with E-state index in [0.717, 1.165) is 32.5 Å². The molecule has 1 amide bonds. The van der Waals surface area contributed by atoms with E-state index in [1.807, 2.05) is 12.1 Å². The van der Waals surface area contributed by atoms with Crippen molar-refractivity contribution in [2.75, 3.05) is 13.1 Å². The minimum Gasteiger partial charge on any atom is -0.348 e. The summed E-state index contributed by atoms with van der Waals surface area (Å²) in [6.45, 7) is 2.95. The number of likely N-dealkylation sites (tertiary alicyclic amines) is 1. The Balaban J connectivity index is 1.30. The standard InChI is InChI=1S/C22H23N3OS/c26-22(20-7-1-2-11-23-20)24-19-9-12-25(13-10-19)16-17-5-3-6-18(15-17)21-8-4-14-27-21/h1-8,11,14-15,19H,9-10,12-13,16H2,(H,24,26). The normalized spacial score (nSPS) is 15.6. The van der Waals surface area contributed by atoms with Crippen LogP contribution in [0.2, 0.25) is 0 Å². The molecule has 3 heterocycles. The van der Waals surface area contributed by atoms with Crippen LogP contribution in [0.4, 0.5) is 0 Å². The Morgan fingerprint density at radius 2 is 2.00 bits per heavy atom. The molecule has 1 aliphatic rings. The second-order valence-electron chi connectivity index (χ2n) is 6.92. The Kier molecular flexibility index (Phi) is 5.61. The van der Waals surface area contributed by atoms with Gasteiger partial charge in [0.2, 0.25) is 0 Å². The fourth-order valence-electron chi connectivity index (χ4n) is 3.52. The minimum atomic E-state index is -0.0716. The van der Waals surface area contributed by atoms with Crippen molar-refractivity contribution in [3.05, 3.63) is 77.4 Å². The molecule has 0 atom stereocenters. The molecule has 0 bridgehead atoms. The molecule has 0 aliphatic carbocycles. The van der Waals surface area contributed by atoms with Crippen molar-refractivity contribution in [2.24, 2.45) is 0 Å². The van der Waals surface area contributed by atoms with Gasteiger partial charge >= 0.3 is 0 Å². The van der Waals surface area contributed by atoms with Crippen molar-refractivity contribution in [2.45, 2.75) is 25.4 Å². The summed E-state index contributed by atoms with van der Waals surface area (Å²) in [7, 11) is 0. The highest BCUT2D eigenvalue weighted by Gasteiger charge is 2.21. The van der Waals surface area contributed by atoms with Gasteiger partial charge in [0.25, 0.3) is 5.91 Å². The van der Waals surface area contributed by atoms with Crippen LogP contribution in [0.15, 0.2) is 66.2 Å². The van der Waals surface area contributed by atoms with Gasteiger partial charge < -0.3 is 5.32 Å². The van der Waals surface area contributed by atoms with Gasteiger partial charge in [0, 0.05) is 36.8 Å². The molecule has 1 saturated heterocycles. The number of piperidine rings is 1. The molecule has 138 valence electrons.